The molecule has 1 N–H and O–H groups in total. The van der Waals surface area contributed by atoms with Crippen molar-refractivity contribution in [1.29, 1.82) is 0 Å². The van der Waals surface area contributed by atoms with Gasteiger partial charge in [-0.3, -0.25) is 14.6 Å². The molecule has 5 nitrogen and oxygen atoms in total. The highest BCUT2D eigenvalue weighted by molar-refractivity contribution is 8.08. The van der Waals surface area contributed by atoms with Crippen LogP contribution in [-0.4, -0.2) is 36.6 Å². The molecule has 0 spiro atoms. The van der Waals surface area contributed by atoms with Crippen molar-refractivity contribution >= 4 is 41.6 Å². The van der Waals surface area contributed by atoms with E-state index in [2.05, 4.69) is 29.0 Å². The Hall–Kier alpha value is -2.25. The predicted molar refractivity (Wildman–Crippen MR) is 124 cm³/mol. The number of hydrogen-bond acceptors (Lipinski definition) is 6. The lowest BCUT2D eigenvalue weighted by Crippen LogP contribution is -2.39. The summed E-state index contributed by atoms with van der Waals surface area (Å²) in [5.41, 5.74) is 2.19. The predicted octanol–water partition coefficient (Wildman–Crippen LogP) is 4.73. The van der Waals surface area contributed by atoms with Crippen LogP contribution in [0.1, 0.15) is 26.7 Å². The Balaban J connectivity index is 2.02. The summed E-state index contributed by atoms with van der Waals surface area (Å²) in [6.45, 7) is 7.88. The molecule has 1 aliphatic carbocycles. The number of carbonyl (C=O) groups excluding carboxylic acids is 2. The van der Waals surface area contributed by atoms with Crippen LogP contribution in [0, 0.1) is 5.92 Å². The normalized spacial score (nSPS) is 21.0. The van der Waals surface area contributed by atoms with Crippen molar-refractivity contribution in [3.8, 4) is 0 Å². The second-order valence-corrected chi connectivity index (χ2v) is 9.11. The fourth-order valence-corrected chi connectivity index (χ4v) is 6.30. The monoisotopic (exact) mass is 442 g/mol. The number of ether oxygens (including phenoxy) is 1. The first-order valence-electron chi connectivity index (χ1n) is 9.95. The Kier molecular flexibility index (Phi) is 7.99. The van der Waals surface area contributed by atoms with Gasteiger partial charge in [0.1, 0.15) is 5.92 Å². The number of amides is 1. The minimum atomic E-state index is -0.466. The molecule has 0 unspecified atom stereocenters. The third-order valence-corrected chi connectivity index (χ3v) is 7.36. The lowest BCUT2D eigenvalue weighted by molar-refractivity contribution is -0.146. The maximum Gasteiger partial charge on any atom is 0.316 e. The van der Waals surface area contributed by atoms with Gasteiger partial charge in [-0.2, -0.15) is 0 Å². The number of carbonyl (C=O) groups is 2. The zero-order valence-corrected chi connectivity index (χ0v) is 18.9. The fourth-order valence-electron chi connectivity index (χ4n) is 3.48. The molecule has 1 amide bonds. The summed E-state index contributed by atoms with van der Waals surface area (Å²) < 4.78 is 5.35. The van der Waals surface area contributed by atoms with Crippen LogP contribution in [-0.2, 0) is 14.3 Å². The number of nitrogens with zero attached hydrogens (tertiary/aromatic N) is 1. The Morgan fingerprint density at radius 1 is 1.33 bits per heavy atom. The number of benzene rings is 1. The first kappa shape index (κ1) is 22.4. The number of thioether (sulfide) groups is 2. The van der Waals surface area contributed by atoms with Gasteiger partial charge in [-0.25, -0.2) is 0 Å². The van der Waals surface area contributed by atoms with Crippen LogP contribution in [0.15, 0.2) is 73.8 Å². The van der Waals surface area contributed by atoms with E-state index in [-0.39, 0.29) is 17.3 Å². The van der Waals surface area contributed by atoms with Crippen LogP contribution >= 0.6 is 23.5 Å². The van der Waals surface area contributed by atoms with Crippen molar-refractivity contribution in [1.82, 2.24) is 5.32 Å². The van der Waals surface area contributed by atoms with Gasteiger partial charge in [0.25, 0.3) is 0 Å². The lowest BCUT2D eigenvalue weighted by atomic mass is 9.89. The largest absolute Gasteiger partial charge is 0.465 e. The van der Waals surface area contributed by atoms with Gasteiger partial charge in [0.2, 0.25) is 5.91 Å². The Bertz CT molecular complexity index is 906. The van der Waals surface area contributed by atoms with Crippen molar-refractivity contribution < 1.29 is 14.3 Å². The highest BCUT2D eigenvalue weighted by Gasteiger charge is 2.44. The van der Waals surface area contributed by atoms with Gasteiger partial charge in [-0.15, -0.1) is 6.58 Å². The van der Waals surface area contributed by atoms with Crippen LogP contribution in [0.2, 0.25) is 0 Å². The molecule has 0 fully saturated rings. The van der Waals surface area contributed by atoms with Gasteiger partial charge in [-0.05, 0) is 43.0 Å². The van der Waals surface area contributed by atoms with Crippen molar-refractivity contribution in [2.45, 2.75) is 37.0 Å². The van der Waals surface area contributed by atoms with Crippen LogP contribution < -0.4 is 5.32 Å². The van der Waals surface area contributed by atoms with E-state index < -0.39 is 5.92 Å². The molecule has 1 aliphatic heterocycles. The zero-order chi connectivity index (χ0) is 21.5. The average Bonchev–Trinajstić information content (AvgIpc) is 3.08. The van der Waals surface area contributed by atoms with E-state index in [1.54, 1.807) is 36.5 Å². The summed E-state index contributed by atoms with van der Waals surface area (Å²) in [4.78, 5) is 32.3. The summed E-state index contributed by atoms with van der Waals surface area (Å²) in [7, 11) is 0. The van der Waals surface area contributed by atoms with E-state index in [9.17, 15) is 9.59 Å². The minimum Gasteiger partial charge on any atom is -0.465 e. The standard InChI is InChI=1S/C23H26N2O3S2/c1-4-13-24-14-16-11-12-18-19(23(27)28-5-2)22(25-15(3)26)30-21(18)20(16)29-17-9-7-6-8-10-17/h4,6-10,14,19,22H,1,5,11-13H2,2-3H3,(H,25,26)/t19-,22+/m0/s1. The topological polar surface area (TPSA) is 67.8 Å². The molecular formula is C23H26N2O3S2. The van der Waals surface area contributed by atoms with Crippen molar-refractivity contribution in [3.05, 3.63) is 63.9 Å². The molecule has 1 heterocycles. The van der Waals surface area contributed by atoms with E-state index in [1.165, 1.54) is 6.92 Å². The van der Waals surface area contributed by atoms with Crippen LogP contribution in [0.4, 0.5) is 0 Å². The zero-order valence-electron chi connectivity index (χ0n) is 17.2. The molecule has 30 heavy (non-hydrogen) atoms. The van der Waals surface area contributed by atoms with Crippen molar-refractivity contribution in [2.75, 3.05) is 13.2 Å². The molecule has 158 valence electrons. The lowest BCUT2D eigenvalue weighted by Gasteiger charge is -2.22. The summed E-state index contributed by atoms with van der Waals surface area (Å²) in [6.07, 6.45) is 5.22. The van der Waals surface area contributed by atoms with Crippen LogP contribution in [0.5, 0.6) is 0 Å². The molecule has 2 aliphatic rings. The molecule has 3 rings (SSSR count). The molecule has 0 radical (unpaired) electrons. The molecule has 0 bridgehead atoms. The van der Waals surface area contributed by atoms with E-state index in [0.29, 0.717) is 13.2 Å². The third-order valence-electron chi connectivity index (χ3n) is 4.71. The molecular weight excluding hydrogens is 416 g/mol. The summed E-state index contributed by atoms with van der Waals surface area (Å²) in [6, 6.07) is 10.1. The highest BCUT2D eigenvalue weighted by Crippen LogP contribution is 2.54. The Morgan fingerprint density at radius 3 is 2.77 bits per heavy atom. The average molecular weight is 443 g/mol. The molecule has 7 heteroatoms. The summed E-state index contributed by atoms with van der Waals surface area (Å²) in [5, 5.41) is 2.58. The smallest absolute Gasteiger partial charge is 0.316 e. The number of hydrogen-bond donors (Lipinski definition) is 1. The van der Waals surface area contributed by atoms with Crippen LogP contribution in [0.3, 0.4) is 0 Å². The Labute approximate surface area is 186 Å². The van der Waals surface area contributed by atoms with Crippen molar-refractivity contribution in [3.63, 3.8) is 0 Å². The molecule has 0 saturated carbocycles. The number of rotatable bonds is 8. The van der Waals surface area contributed by atoms with Crippen LogP contribution in [0.25, 0.3) is 0 Å². The van der Waals surface area contributed by atoms with Gasteiger partial charge in [0.05, 0.1) is 18.5 Å². The van der Waals surface area contributed by atoms with Crippen molar-refractivity contribution in [2.24, 2.45) is 10.9 Å². The first-order chi connectivity index (χ1) is 14.5. The second kappa shape index (κ2) is 10.7. The highest BCUT2D eigenvalue weighted by atomic mass is 32.2. The number of allylic oxidation sites excluding steroid dienone is 1. The minimum absolute atomic E-state index is 0.157. The fraction of sp³-hybridized carbons (Fsp3) is 0.348. The van der Waals surface area contributed by atoms with Gasteiger partial charge >= 0.3 is 5.97 Å². The molecule has 2 atom stereocenters. The van der Waals surface area contributed by atoms with E-state index >= 15 is 0 Å². The second-order valence-electron chi connectivity index (χ2n) is 6.88. The maximum atomic E-state index is 12.8. The van der Waals surface area contributed by atoms with E-state index in [0.717, 1.165) is 38.7 Å². The molecule has 1 aromatic rings. The molecule has 1 aromatic carbocycles. The van der Waals surface area contributed by atoms with Gasteiger partial charge in [0, 0.05) is 27.8 Å². The maximum absolute atomic E-state index is 12.8. The Morgan fingerprint density at radius 2 is 2.10 bits per heavy atom. The molecule has 0 aromatic heterocycles. The number of aliphatic imine (C=N–C) groups is 1. The van der Waals surface area contributed by atoms with E-state index in [1.807, 2.05) is 24.4 Å². The first-order valence-corrected chi connectivity index (χ1v) is 11.6. The van der Waals surface area contributed by atoms with E-state index in [4.69, 9.17) is 4.74 Å². The molecule has 0 saturated heterocycles. The van der Waals surface area contributed by atoms with Gasteiger partial charge in [-0.1, -0.05) is 47.8 Å². The SMILES string of the molecule is C=CCN=CC1=C(Sc2ccccc2)C2=C(CC1)[C@H](C(=O)OCC)[C@H](NC(C)=O)S2. The summed E-state index contributed by atoms with van der Waals surface area (Å²) in [5.74, 6) is -0.899. The number of nitrogens with one attached hydrogen (secondary N) is 1. The number of esters is 1. The summed E-state index contributed by atoms with van der Waals surface area (Å²) >= 11 is 3.22. The van der Waals surface area contributed by atoms with Gasteiger partial charge in [0.15, 0.2) is 0 Å². The third kappa shape index (κ3) is 5.26. The van der Waals surface area contributed by atoms with Gasteiger partial charge < -0.3 is 10.1 Å². The quantitative estimate of drug-likeness (QED) is 0.358.